The Morgan fingerprint density at radius 1 is 1.56 bits per heavy atom. The van der Waals surface area contributed by atoms with Crippen LogP contribution in [0.2, 0.25) is 5.15 Å². The van der Waals surface area contributed by atoms with Crippen LogP contribution in [0.15, 0.2) is 17.2 Å². The monoisotopic (exact) mass is 239 g/mol. The zero-order chi connectivity index (χ0) is 12.1. The maximum absolute atomic E-state index is 11.0. The van der Waals surface area contributed by atoms with Gasteiger partial charge in [0.1, 0.15) is 5.15 Å². The largest absolute Gasteiger partial charge is 0.273 e. The Morgan fingerprint density at radius 3 is 2.81 bits per heavy atom. The van der Waals surface area contributed by atoms with Gasteiger partial charge in [0.05, 0.1) is 11.4 Å². The van der Waals surface area contributed by atoms with Crippen molar-refractivity contribution in [3.63, 3.8) is 0 Å². The molecular formula is C11H14ClN3O. The van der Waals surface area contributed by atoms with Gasteiger partial charge in [-0.1, -0.05) is 18.5 Å². The number of halogens is 1. The van der Waals surface area contributed by atoms with Gasteiger partial charge < -0.3 is 0 Å². The summed E-state index contributed by atoms with van der Waals surface area (Å²) >= 11 is 5.83. The highest BCUT2D eigenvalue weighted by Crippen LogP contribution is 2.10. The molecule has 0 aromatic carbocycles. The first-order valence-corrected chi connectivity index (χ1v) is 5.38. The number of nitrogens with zero attached hydrogens (tertiary/aromatic N) is 2. The summed E-state index contributed by atoms with van der Waals surface area (Å²) in [7, 11) is 0. The maximum atomic E-state index is 11.0. The minimum atomic E-state index is -0.127. The fraction of sp³-hybridized carbons (Fsp3) is 0.364. The lowest BCUT2D eigenvalue weighted by Gasteiger charge is -2.03. The average molecular weight is 240 g/mol. The highest BCUT2D eigenvalue weighted by Gasteiger charge is 2.03. The molecule has 16 heavy (non-hydrogen) atoms. The zero-order valence-corrected chi connectivity index (χ0v) is 10.3. The molecule has 0 aliphatic rings. The fourth-order valence-electron chi connectivity index (χ4n) is 1.09. The Balaban J connectivity index is 2.87. The van der Waals surface area contributed by atoms with E-state index in [-0.39, 0.29) is 5.91 Å². The zero-order valence-electron chi connectivity index (χ0n) is 9.54. The van der Waals surface area contributed by atoms with E-state index in [0.29, 0.717) is 23.0 Å². The molecule has 0 bridgehead atoms. The third-order valence-electron chi connectivity index (χ3n) is 1.98. The Morgan fingerprint density at radius 2 is 2.25 bits per heavy atom. The number of hydrogen-bond donors (Lipinski definition) is 1. The van der Waals surface area contributed by atoms with Crippen LogP contribution in [-0.4, -0.2) is 16.6 Å². The Kier molecular flexibility index (Phi) is 4.43. The molecule has 5 heteroatoms. The maximum Gasteiger partial charge on any atom is 0.239 e. The number of nitrogens with one attached hydrogen (secondary N) is 1. The lowest BCUT2D eigenvalue weighted by Crippen LogP contribution is -2.18. The van der Waals surface area contributed by atoms with E-state index in [1.165, 1.54) is 0 Å². The third kappa shape index (κ3) is 3.62. The fourth-order valence-corrected chi connectivity index (χ4v) is 1.36. The van der Waals surface area contributed by atoms with Crippen molar-refractivity contribution >= 4 is 23.2 Å². The van der Waals surface area contributed by atoms with Crippen molar-refractivity contribution < 1.29 is 4.79 Å². The molecular weight excluding hydrogens is 226 g/mol. The second-order valence-electron chi connectivity index (χ2n) is 3.44. The van der Waals surface area contributed by atoms with Gasteiger partial charge in [-0.05, 0) is 31.5 Å². The first-order valence-electron chi connectivity index (χ1n) is 5.00. The lowest BCUT2D eigenvalue weighted by molar-refractivity contribution is -0.120. The molecule has 1 aromatic rings. The minimum absolute atomic E-state index is 0.127. The molecule has 0 fully saturated rings. The number of hydrazone groups is 1. The Hall–Kier alpha value is -1.42. The van der Waals surface area contributed by atoms with Crippen LogP contribution in [0.5, 0.6) is 0 Å². The van der Waals surface area contributed by atoms with E-state index in [1.54, 1.807) is 19.9 Å². The van der Waals surface area contributed by atoms with E-state index >= 15 is 0 Å². The second-order valence-corrected chi connectivity index (χ2v) is 3.83. The van der Waals surface area contributed by atoms with Gasteiger partial charge in [0.2, 0.25) is 5.91 Å². The van der Waals surface area contributed by atoms with Crippen molar-refractivity contribution in [3.05, 3.63) is 28.5 Å². The van der Waals surface area contributed by atoms with Gasteiger partial charge in [0.15, 0.2) is 0 Å². The normalized spacial score (nSPS) is 11.4. The quantitative estimate of drug-likeness (QED) is 0.500. The van der Waals surface area contributed by atoms with Crippen LogP contribution in [0, 0.1) is 6.92 Å². The molecule has 0 saturated carbocycles. The van der Waals surface area contributed by atoms with Gasteiger partial charge in [-0.2, -0.15) is 5.10 Å². The smallest absolute Gasteiger partial charge is 0.239 e. The minimum Gasteiger partial charge on any atom is -0.273 e. The molecule has 1 amide bonds. The highest BCUT2D eigenvalue weighted by molar-refractivity contribution is 6.29. The summed E-state index contributed by atoms with van der Waals surface area (Å²) in [5.41, 5.74) is 4.74. The number of amides is 1. The van der Waals surface area contributed by atoms with E-state index < -0.39 is 0 Å². The molecule has 0 unspecified atom stereocenters. The molecule has 0 spiro atoms. The molecule has 0 aliphatic heterocycles. The van der Waals surface area contributed by atoms with Crippen LogP contribution < -0.4 is 5.43 Å². The summed E-state index contributed by atoms with van der Waals surface area (Å²) in [5.74, 6) is -0.127. The summed E-state index contributed by atoms with van der Waals surface area (Å²) in [6, 6.07) is 3.63. The second kappa shape index (κ2) is 5.61. The van der Waals surface area contributed by atoms with Crippen molar-refractivity contribution in [3.8, 4) is 0 Å². The summed E-state index contributed by atoms with van der Waals surface area (Å²) in [6.07, 6.45) is 0.402. The molecule has 1 rings (SSSR count). The summed E-state index contributed by atoms with van der Waals surface area (Å²) in [4.78, 5) is 15.1. The van der Waals surface area contributed by atoms with Gasteiger partial charge in [0.25, 0.3) is 0 Å². The topological polar surface area (TPSA) is 54.4 Å². The molecule has 4 nitrogen and oxygen atoms in total. The van der Waals surface area contributed by atoms with Crippen molar-refractivity contribution in [2.45, 2.75) is 27.2 Å². The molecule has 0 radical (unpaired) electrons. The number of aromatic nitrogens is 1. The van der Waals surface area contributed by atoms with E-state index in [9.17, 15) is 4.79 Å². The van der Waals surface area contributed by atoms with E-state index in [2.05, 4.69) is 15.5 Å². The molecule has 86 valence electrons. The first kappa shape index (κ1) is 12.6. The van der Waals surface area contributed by atoms with Crippen LogP contribution in [0.3, 0.4) is 0 Å². The average Bonchev–Trinajstić information content (AvgIpc) is 2.23. The summed E-state index contributed by atoms with van der Waals surface area (Å²) < 4.78 is 0. The molecule has 1 heterocycles. The van der Waals surface area contributed by atoms with E-state index in [0.717, 1.165) is 5.56 Å². The summed E-state index contributed by atoms with van der Waals surface area (Å²) in [5, 5.41) is 4.37. The molecule has 0 aliphatic carbocycles. The van der Waals surface area contributed by atoms with Crippen molar-refractivity contribution in [2.24, 2.45) is 5.10 Å². The van der Waals surface area contributed by atoms with Crippen molar-refractivity contribution in [2.75, 3.05) is 0 Å². The van der Waals surface area contributed by atoms with Crippen molar-refractivity contribution in [1.29, 1.82) is 0 Å². The number of carbonyl (C=O) groups is 1. The van der Waals surface area contributed by atoms with Gasteiger partial charge in [-0.3, -0.25) is 4.79 Å². The highest BCUT2D eigenvalue weighted by atomic mass is 35.5. The van der Waals surface area contributed by atoms with Crippen LogP contribution in [0.25, 0.3) is 0 Å². The number of hydrogen-bond acceptors (Lipinski definition) is 3. The standard InChI is InChI=1S/C11H14ClN3O/c1-4-11(16)15-14-8(3)9-5-7(2)6-10(12)13-9/h5-6H,4H2,1-3H3,(H,15,16)/b14-8+. The van der Waals surface area contributed by atoms with Crippen LogP contribution in [0.1, 0.15) is 31.5 Å². The van der Waals surface area contributed by atoms with Gasteiger partial charge in [0, 0.05) is 6.42 Å². The number of aryl methyl sites for hydroxylation is 1. The van der Waals surface area contributed by atoms with Crippen LogP contribution in [-0.2, 0) is 4.79 Å². The molecule has 1 aromatic heterocycles. The van der Waals surface area contributed by atoms with Gasteiger partial charge in [-0.15, -0.1) is 0 Å². The van der Waals surface area contributed by atoms with Crippen LogP contribution >= 0.6 is 11.6 Å². The summed E-state index contributed by atoms with van der Waals surface area (Å²) in [6.45, 7) is 5.46. The van der Waals surface area contributed by atoms with Gasteiger partial charge in [-0.25, -0.2) is 10.4 Å². The van der Waals surface area contributed by atoms with Crippen molar-refractivity contribution in [1.82, 2.24) is 10.4 Å². The van der Waals surface area contributed by atoms with Crippen LogP contribution in [0.4, 0.5) is 0 Å². The van der Waals surface area contributed by atoms with E-state index in [4.69, 9.17) is 11.6 Å². The third-order valence-corrected chi connectivity index (χ3v) is 2.17. The van der Waals surface area contributed by atoms with E-state index in [1.807, 2.05) is 13.0 Å². The molecule has 0 atom stereocenters. The number of pyridine rings is 1. The number of carbonyl (C=O) groups excluding carboxylic acids is 1. The Labute approximate surface area is 99.7 Å². The molecule has 0 saturated heterocycles. The predicted octanol–water partition coefficient (Wildman–Crippen LogP) is 2.29. The first-order chi connectivity index (χ1) is 7.52. The predicted molar refractivity (Wildman–Crippen MR) is 64.6 cm³/mol. The molecule has 1 N–H and O–H groups in total. The van der Waals surface area contributed by atoms with Gasteiger partial charge >= 0.3 is 0 Å². The number of rotatable bonds is 3. The Bertz CT molecular complexity index is 409. The lowest BCUT2D eigenvalue weighted by atomic mass is 10.2. The SMILES string of the molecule is CCC(=O)N/N=C(\C)c1cc(C)cc(Cl)n1.